The maximum Gasteiger partial charge on any atom is 0.225 e. The largest absolute Gasteiger partial charge is 0.394 e. The second kappa shape index (κ2) is 9.05. The Morgan fingerprint density at radius 2 is 1.81 bits per heavy atom. The van der Waals surface area contributed by atoms with E-state index in [0.29, 0.717) is 18.3 Å². The molecule has 0 saturated heterocycles. The molecule has 3 N–H and O–H groups in total. The molecule has 3 aromatic rings. The molecule has 0 aromatic carbocycles. The smallest absolute Gasteiger partial charge is 0.225 e. The van der Waals surface area contributed by atoms with Crippen LogP contribution in [0.5, 0.6) is 0 Å². The fraction of sp³-hybridized carbons (Fsp3) is 0.300. The van der Waals surface area contributed by atoms with Crippen LogP contribution in [0, 0.1) is 5.92 Å². The van der Waals surface area contributed by atoms with Gasteiger partial charge < -0.3 is 15.7 Å². The molecule has 0 radical (unpaired) electrons. The number of pyridine rings is 2. The van der Waals surface area contributed by atoms with Gasteiger partial charge in [0.15, 0.2) is 0 Å². The Morgan fingerprint density at radius 1 is 1.04 bits per heavy atom. The summed E-state index contributed by atoms with van der Waals surface area (Å²) in [5.74, 6) is 1.40. The van der Waals surface area contributed by atoms with Crippen LogP contribution in [-0.2, 0) is 6.54 Å². The Hall–Kier alpha value is -3.06. The maximum atomic E-state index is 9.61. The Balaban J connectivity index is 1.88. The number of nitrogens with one attached hydrogen (secondary N) is 2. The van der Waals surface area contributed by atoms with Gasteiger partial charge in [0.1, 0.15) is 5.82 Å². The summed E-state index contributed by atoms with van der Waals surface area (Å²) in [6, 6.07) is 9.50. The van der Waals surface area contributed by atoms with Gasteiger partial charge in [0.05, 0.1) is 18.3 Å². The van der Waals surface area contributed by atoms with Crippen LogP contribution in [-0.4, -0.2) is 37.7 Å². The number of anilines is 2. The third-order valence-corrected chi connectivity index (χ3v) is 4.20. The Morgan fingerprint density at radius 3 is 2.44 bits per heavy atom. The highest BCUT2D eigenvalue weighted by atomic mass is 16.3. The summed E-state index contributed by atoms with van der Waals surface area (Å²) in [4.78, 5) is 17.5. The average Bonchev–Trinajstić information content (AvgIpc) is 2.71. The summed E-state index contributed by atoms with van der Waals surface area (Å²) < 4.78 is 0. The minimum absolute atomic E-state index is 0.0105. The van der Waals surface area contributed by atoms with Gasteiger partial charge in [0.25, 0.3) is 0 Å². The molecule has 0 aliphatic heterocycles. The van der Waals surface area contributed by atoms with Gasteiger partial charge in [-0.3, -0.25) is 9.97 Å². The van der Waals surface area contributed by atoms with Crippen molar-refractivity contribution in [3.05, 3.63) is 60.7 Å². The second-order valence-corrected chi connectivity index (χ2v) is 6.60. The Kier molecular flexibility index (Phi) is 6.27. The van der Waals surface area contributed by atoms with E-state index in [4.69, 9.17) is 0 Å². The van der Waals surface area contributed by atoms with Crippen LogP contribution in [0.1, 0.15) is 19.4 Å². The zero-order valence-electron chi connectivity index (χ0n) is 15.5. The number of rotatable bonds is 8. The lowest BCUT2D eigenvalue weighted by molar-refractivity contribution is 0.248. The molecule has 0 saturated carbocycles. The standard InChI is InChI=1S/C20H24N6O/c1-14(2)18(13-27)25-20-24-17(16-6-4-8-22-12-16)9-19(26-20)23-11-15-5-3-7-21-10-15/h3-10,12,14,18,27H,11,13H2,1-2H3,(H2,23,24,25,26)/t18-/m1/s1. The molecule has 0 spiro atoms. The molecule has 0 aliphatic carbocycles. The zero-order valence-corrected chi connectivity index (χ0v) is 15.5. The number of hydrogen-bond donors (Lipinski definition) is 3. The molecule has 27 heavy (non-hydrogen) atoms. The molecule has 3 rings (SSSR count). The van der Waals surface area contributed by atoms with Crippen molar-refractivity contribution in [1.82, 2.24) is 19.9 Å². The van der Waals surface area contributed by atoms with Crippen molar-refractivity contribution in [2.75, 3.05) is 17.2 Å². The molecular formula is C20H24N6O. The molecule has 0 aliphatic rings. The Bertz CT molecular complexity index is 842. The first-order valence-corrected chi connectivity index (χ1v) is 8.95. The third kappa shape index (κ3) is 5.21. The van der Waals surface area contributed by atoms with Gasteiger partial charge in [-0.15, -0.1) is 0 Å². The monoisotopic (exact) mass is 364 g/mol. The van der Waals surface area contributed by atoms with Crippen LogP contribution >= 0.6 is 0 Å². The van der Waals surface area contributed by atoms with E-state index >= 15 is 0 Å². The molecule has 0 fully saturated rings. The summed E-state index contributed by atoms with van der Waals surface area (Å²) in [5.41, 5.74) is 2.72. The summed E-state index contributed by atoms with van der Waals surface area (Å²) in [5, 5.41) is 16.2. The lowest BCUT2D eigenvalue weighted by Gasteiger charge is -2.20. The zero-order chi connectivity index (χ0) is 19.1. The molecule has 7 nitrogen and oxygen atoms in total. The molecule has 0 bridgehead atoms. The molecule has 3 aromatic heterocycles. The van der Waals surface area contributed by atoms with Gasteiger partial charge in [0, 0.05) is 43.0 Å². The van der Waals surface area contributed by atoms with E-state index in [1.807, 2.05) is 50.4 Å². The topological polar surface area (TPSA) is 95.8 Å². The quantitative estimate of drug-likeness (QED) is 0.565. The number of nitrogens with zero attached hydrogens (tertiary/aromatic N) is 4. The lowest BCUT2D eigenvalue weighted by Crippen LogP contribution is -2.30. The van der Waals surface area contributed by atoms with Crippen molar-refractivity contribution < 1.29 is 5.11 Å². The highest BCUT2D eigenvalue weighted by molar-refractivity contribution is 5.63. The van der Waals surface area contributed by atoms with Crippen LogP contribution < -0.4 is 10.6 Å². The molecule has 140 valence electrons. The first kappa shape index (κ1) is 18.7. The number of hydrogen-bond acceptors (Lipinski definition) is 7. The van der Waals surface area contributed by atoms with Gasteiger partial charge in [-0.1, -0.05) is 19.9 Å². The fourth-order valence-electron chi connectivity index (χ4n) is 2.55. The number of aliphatic hydroxyl groups excluding tert-OH is 1. The lowest BCUT2D eigenvalue weighted by atomic mass is 10.1. The van der Waals surface area contributed by atoms with Crippen molar-refractivity contribution in [3.63, 3.8) is 0 Å². The van der Waals surface area contributed by atoms with Gasteiger partial charge >= 0.3 is 0 Å². The molecular weight excluding hydrogens is 340 g/mol. The summed E-state index contributed by atoms with van der Waals surface area (Å²) in [6.45, 7) is 4.70. The van der Waals surface area contributed by atoms with Crippen molar-refractivity contribution in [1.29, 1.82) is 0 Å². The normalized spacial score (nSPS) is 12.0. The van der Waals surface area contributed by atoms with Crippen LogP contribution in [0.25, 0.3) is 11.3 Å². The SMILES string of the molecule is CC(C)[C@@H](CO)Nc1nc(NCc2cccnc2)cc(-c2cccnc2)n1. The minimum atomic E-state index is -0.125. The predicted octanol–water partition coefficient (Wildman–Crippen LogP) is 2.97. The van der Waals surface area contributed by atoms with E-state index < -0.39 is 0 Å². The van der Waals surface area contributed by atoms with E-state index in [1.165, 1.54) is 0 Å². The predicted molar refractivity (Wildman–Crippen MR) is 106 cm³/mol. The highest BCUT2D eigenvalue weighted by Crippen LogP contribution is 2.22. The summed E-state index contributed by atoms with van der Waals surface area (Å²) in [7, 11) is 0. The van der Waals surface area contributed by atoms with E-state index in [1.54, 1.807) is 18.6 Å². The number of aromatic nitrogens is 4. The molecule has 7 heteroatoms. The fourth-order valence-corrected chi connectivity index (χ4v) is 2.55. The van der Waals surface area contributed by atoms with Crippen molar-refractivity contribution >= 4 is 11.8 Å². The first-order valence-electron chi connectivity index (χ1n) is 8.95. The van der Waals surface area contributed by atoms with Gasteiger partial charge in [-0.05, 0) is 29.7 Å². The summed E-state index contributed by atoms with van der Waals surface area (Å²) >= 11 is 0. The van der Waals surface area contributed by atoms with E-state index in [9.17, 15) is 5.11 Å². The van der Waals surface area contributed by atoms with Gasteiger partial charge in [-0.2, -0.15) is 4.98 Å². The van der Waals surface area contributed by atoms with Crippen LogP contribution in [0.3, 0.4) is 0 Å². The van der Waals surface area contributed by atoms with Crippen molar-refractivity contribution in [3.8, 4) is 11.3 Å². The molecule has 0 unspecified atom stereocenters. The van der Waals surface area contributed by atoms with Crippen LogP contribution in [0.2, 0.25) is 0 Å². The molecule has 1 atom stereocenters. The van der Waals surface area contributed by atoms with E-state index in [0.717, 1.165) is 16.8 Å². The van der Waals surface area contributed by atoms with Crippen molar-refractivity contribution in [2.24, 2.45) is 5.92 Å². The van der Waals surface area contributed by atoms with E-state index in [-0.39, 0.29) is 18.6 Å². The van der Waals surface area contributed by atoms with Gasteiger partial charge in [0.2, 0.25) is 5.95 Å². The Labute approximate surface area is 159 Å². The van der Waals surface area contributed by atoms with Gasteiger partial charge in [-0.25, -0.2) is 4.98 Å². The minimum Gasteiger partial charge on any atom is -0.394 e. The van der Waals surface area contributed by atoms with Crippen LogP contribution in [0.4, 0.5) is 11.8 Å². The second-order valence-electron chi connectivity index (χ2n) is 6.60. The average molecular weight is 364 g/mol. The first-order chi connectivity index (χ1) is 13.2. The van der Waals surface area contributed by atoms with Crippen molar-refractivity contribution in [2.45, 2.75) is 26.4 Å². The number of aliphatic hydroxyl groups is 1. The third-order valence-electron chi connectivity index (χ3n) is 4.20. The molecule has 3 heterocycles. The molecule has 0 amide bonds. The maximum absolute atomic E-state index is 9.61. The highest BCUT2D eigenvalue weighted by Gasteiger charge is 2.15. The van der Waals surface area contributed by atoms with Crippen LogP contribution in [0.15, 0.2) is 55.1 Å². The van der Waals surface area contributed by atoms with E-state index in [2.05, 4.69) is 30.6 Å². The summed E-state index contributed by atoms with van der Waals surface area (Å²) in [6.07, 6.45) is 7.06.